The van der Waals surface area contributed by atoms with Crippen LogP contribution in [0.1, 0.15) is 43.7 Å². The maximum atomic E-state index is 6.03. The minimum atomic E-state index is 0.449. The maximum Gasteiger partial charge on any atom is 0.0723 e. The molecule has 0 bridgehead atoms. The van der Waals surface area contributed by atoms with Crippen LogP contribution in [0.5, 0.6) is 0 Å². The van der Waals surface area contributed by atoms with Crippen LogP contribution in [-0.4, -0.2) is 6.10 Å². The van der Waals surface area contributed by atoms with Crippen LogP contribution in [0.4, 0.5) is 0 Å². The van der Waals surface area contributed by atoms with Crippen molar-refractivity contribution in [2.45, 2.75) is 51.9 Å². The lowest BCUT2D eigenvalue weighted by atomic mass is 9.89. The first kappa shape index (κ1) is 12.6. The summed E-state index contributed by atoms with van der Waals surface area (Å²) in [4.78, 5) is 0. The molecule has 0 aromatic heterocycles. The molecule has 0 spiro atoms. The van der Waals surface area contributed by atoms with Crippen molar-refractivity contribution >= 4 is 0 Å². The molecule has 94 valence electrons. The molecule has 1 aromatic carbocycles. The second-order valence-corrected chi connectivity index (χ2v) is 5.18. The van der Waals surface area contributed by atoms with Gasteiger partial charge in [-0.2, -0.15) is 0 Å². The van der Waals surface area contributed by atoms with E-state index in [9.17, 15) is 0 Å². The number of ether oxygens (including phenoxy) is 1. The third kappa shape index (κ3) is 3.55. The van der Waals surface area contributed by atoms with Gasteiger partial charge in [0.25, 0.3) is 0 Å². The van der Waals surface area contributed by atoms with Gasteiger partial charge in [0.1, 0.15) is 0 Å². The number of hydrogen-bond acceptors (Lipinski definition) is 2. The lowest BCUT2D eigenvalue weighted by Crippen LogP contribution is -2.21. The summed E-state index contributed by atoms with van der Waals surface area (Å²) in [6.45, 7) is 3.63. The zero-order valence-corrected chi connectivity index (χ0v) is 10.7. The van der Waals surface area contributed by atoms with Crippen LogP contribution in [0.25, 0.3) is 0 Å². The van der Waals surface area contributed by atoms with Gasteiger partial charge in [0.2, 0.25) is 0 Å². The Bertz CT molecular complexity index is 351. The van der Waals surface area contributed by atoms with Gasteiger partial charge in [0.05, 0.1) is 12.7 Å². The molecule has 17 heavy (non-hydrogen) atoms. The van der Waals surface area contributed by atoms with E-state index >= 15 is 0 Å². The van der Waals surface area contributed by atoms with Crippen LogP contribution in [0, 0.1) is 5.92 Å². The van der Waals surface area contributed by atoms with Crippen LogP contribution in [-0.2, 0) is 17.9 Å². The van der Waals surface area contributed by atoms with E-state index in [0.717, 1.165) is 5.92 Å². The average molecular weight is 233 g/mol. The summed E-state index contributed by atoms with van der Waals surface area (Å²) in [5, 5.41) is 0. The molecular formula is C15H23NO. The number of nitrogens with two attached hydrogens (primary N) is 1. The Morgan fingerprint density at radius 3 is 2.71 bits per heavy atom. The number of benzene rings is 1. The van der Waals surface area contributed by atoms with Crippen molar-refractivity contribution < 1.29 is 4.74 Å². The zero-order chi connectivity index (χ0) is 12.1. The van der Waals surface area contributed by atoms with E-state index in [4.69, 9.17) is 10.5 Å². The quantitative estimate of drug-likeness (QED) is 0.866. The molecule has 1 aliphatic carbocycles. The molecule has 0 saturated heterocycles. The molecule has 2 nitrogen and oxygen atoms in total. The first-order chi connectivity index (χ1) is 8.29. The van der Waals surface area contributed by atoms with Gasteiger partial charge in [-0.3, -0.25) is 0 Å². The lowest BCUT2D eigenvalue weighted by molar-refractivity contribution is 0.00439. The van der Waals surface area contributed by atoms with Gasteiger partial charge in [-0.05, 0) is 29.9 Å². The zero-order valence-electron chi connectivity index (χ0n) is 10.7. The first-order valence-corrected chi connectivity index (χ1v) is 6.68. The minimum Gasteiger partial charge on any atom is -0.374 e. The molecule has 2 unspecified atom stereocenters. The molecule has 1 fully saturated rings. The molecular weight excluding hydrogens is 210 g/mol. The summed E-state index contributed by atoms with van der Waals surface area (Å²) >= 11 is 0. The Hall–Kier alpha value is -0.860. The van der Waals surface area contributed by atoms with Crippen molar-refractivity contribution in [2.75, 3.05) is 0 Å². The van der Waals surface area contributed by atoms with Crippen molar-refractivity contribution in [3.05, 3.63) is 35.4 Å². The van der Waals surface area contributed by atoms with E-state index < -0.39 is 0 Å². The van der Waals surface area contributed by atoms with E-state index in [2.05, 4.69) is 25.1 Å². The summed E-state index contributed by atoms with van der Waals surface area (Å²) in [7, 11) is 0. The Morgan fingerprint density at radius 2 is 2.00 bits per heavy atom. The molecule has 2 heteroatoms. The fourth-order valence-electron chi connectivity index (χ4n) is 2.63. The van der Waals surface area contributed by atoms with Crippen LogP contribution in [0.2, 0.25) is 0 Å². The highest BCUT2D eigenvalue weighted by atomic mass is 16.5. The number of rotatable bonds is 4. The summed E-state index contributed by atoms with van der Waals surface area (Å²) in [6, 6.07) is 8.30. The van der Waals surface area contributed by atoms with Gasteiger partial charge in [-0.25, -0.2) is 0 Å². The standard InChI is InChI=1S/C15H23NO/c1-12-5-4-8-15(9-12)17-11-14-7-3-2-6-13(14)10-16/h2-3,6-7,12,15H,4-5,8-11,16H2,1H3. The van der Waals surface area contributed by atoms with E-state index in [1.807, 2.05) is 6.07 Å². The predicted octanol–water partition coefficient (Wildman–Crippen LogP) is 3.24. The summed E-state index contributed by atoms with van der Waals surface area (Å²) in [5.74, 6) is 0.818. The molecule has 0 aliphatic heterocycles. The van der Waals surface area contributed by atoms with Gasteiger partial charge in [0.15, 0.2) is 0 Å². The molecule has 2 N–H and O–H groups in total. The highest BCUT2D eigenvalue weighted by molar-refractivity contribution is 5.26. The van der Waals surface area contributed by atoms with Crippen LogP contribution in [0.3, 0.4) is 0 Å². The fourth-order valence-corrected chi connectivity index (χ4v) is 2.63. The van der Waals surface area contributed by atoms with E-state index in [1.165, 1.54) is 36.8 Å². The second kappa shape index (κ2) is 6.18. The van der Waals surface area contributed by atoms with Gasteiger partial charge in [-0.15, -0.1) is 0 Å². The first-order valence-electron chi connectivity index (χ1n) is 6.68. The molecule has 0 amide bonds. The third-order valence-corrected chi connectivity index (χ3v) is 3.70. The molecule has 0 radical (unpaired) electrons. The van der Waals surface area contributed by atoms with Crippen molar-refractivity contribution in [1.29, 1.82) is 0 Å². The molecule has 0 heterocycles. The highest BCUT2D eigenvalue weighted by Gasteiger charge is 2.19. The van der Waals surface area contributed by atoms with Crippen molar-refractivity contribution in [1.82, 2.24) is 0 Å². The molecule has 1 saturated carbocycles. The Labute approximate surface area is 104 Å². The molecule has 2 atom stereocenters. The summed E-state index contributed by atoms with van der Waals surface area (Å²) < 4.78 is 6.03. The van der Waals surface area contributed by atoms with Gasteiger partial charge >= 0.3 is 0 Å². The lowest BCUT2D eigenvalue weighted by Gasteiger charge is -2.27. The van der Waals surface area contributed by atoms with Gasteiger partial charge in [-0.1, -0.05) is 44.0 Å². The molecule has 1 aromatic rings. The maximum absolute atomic E-state index is 6.03. The van der Waals surface area contributed by atoms with E-state index in [-0.39, 0.29) is 0 Å². The van der Waals surface area contributed by atoms with Crippen LogP contribution < -0.4 is 5.73 Å². The largest absolute Gasteiger partial charge is 0.374 e. The highest BCUT2D eigenvalue weighted by Crippen LogP contribution is 2.26. The smallest absolute Gasteiger partial charge is 0.0723 e. The van der Waals surface area contributed by atoms with Crippen molar-refractivity contribution in [3.63, 3.8) is 0 Å². The minimum absolute atomic E-state index is 0.449. The summed E-state index contributed by atoms with van der Waals surface area (Å²) in [5.41, 5.74) is 8.17. The topological polar surface area (TPSA) is 35.2 Å². The predicted molar refractivity (Wildman–Crippen MR) is 70.5 cm³/mol. The SMILES string of the molecule is CC1CCCC(OCc2ccccc2CN)C1. The van der Waals surface area contributed by atoms with Crippen molar-refractivity contribution in [3.8, 4) is 0 Å². The number of hydrogen-bond donors (Lipinski definition) is 1. The van der Waals surface area contributed by atoms with Crippen molar-refractivity contribution in [2.24, 2.45) is 11.7 Å². The second-order valence-electron chi connectivity index (χ2n) is 5.18. The fraction of sp³-hybridized carbons (Fsp3) is 0.600. The Morgan fingerprint density at radius 1 is 1.24 bits per heavy atom. The van der Waals surface area contributed by atoms with Gasteiger partial charge in [0, 0.05) is 6.54 Å². The molecule has 1 aliphatic rings. The van der Waals surface area contributed by atoms with Gasteiger partial charge < -0.3 is 10.5 Å². The van der Waals surface area contributed by atoms with E-state index in [0.29, 0.717) is 19.3 Å². The summed E-state index contributed by atoms with van der Waals surface area (Å²) in [6.07, 6.45) is 5.55. The normalized spacial score (nSPS) is 24.8. The third-order valence-electron chi connectivity index (χ3n) is 3.70. The monoisotopic (exact) mass is 233 g/mol. The van der Waals surface area contributed by atoms with E-state index in [1.54, 1.807) is 0 Å². The van der Waals surface area contributed by atoms with Crippen LogP contribution in [0.15, 0.2) is 24.3 Å². The molecule has 2 rings (SSSR count). The Kier molecular flexibility index (Phi) is 4.57. The average Bonchev–Trinajstić information content (AvgIpc) is 2.37. The Balaban J connectivity index is 1.88. The van der Waals surface area contributed by atoms with Crippen LogP contribution >= 0.6 is 0 Å².